The number of hydrogen-bond acceptors (Lipinski definition) is 6. The van der Waals surface area contributed by atoms with Gasteiger partial charge in [-0.15, -0.1) is 11.3 Å². The van der Waals surface area contributed by atoms with E-state index in [4.69, 9.17) is 4.74 Å². The van der Waals surface area contributed by atoms with Crippen LogP contribution in [-0.2, 0) is 7.05 Å². The fourth-order valence-electron chi connectivity index (χ4n) is 4.37. The van der Waals surface area contributed by atoms with Crippen molar-refractivity contribution in [1.82, 2.24) is 24.6 Å². The summed E-state index contributed by atoms with van der Waals surface area (Å²) in [6, 6.07) is 0.223. The van der Waals surface area contributed by atoms with Crippen LogP contribution in [-0.4, -0.2) is 49.9 Å². The van der Waals surface area contributed by atoms with Crippen molar-refractivity contribution in [3.8, 4) is 6.01 Å². The predicted molar refractivity (Wildman–Crippen MR) is 110 cm³/mol. The smallest absolute Gasteiger partial charge is 0.297 e. The molecule has 0 radical (unpaired) electrons. The molecule has 0 aliphatic carbocycles. The van der Waals surface area contributed by atoms with E-state index in [-0.39, 0.29) is 17.1 Å². The lowest BCUT2D eigenvalue weighted by atomic mass is 9.94. The van der Waals surface area contributed by atoms with Crippen molar-refractivity contribution in [2.75, 3.05) is 19.7 Å². The standard InChI is InChI=1S/C17H17FIN5O2S/c1-23-11-10-14(25)20-16(21-15(10)27-12(11)13(19)22-23)26-8-17-3-2-4-24(17)7-9(5-17)6-18/h6H,2-5,7-8H2,1H3,(H,20,21,25)/b9-6-/t17-/m0/s1. The summed E-state index contributed by atoms with van der Waals surface area (Å²) in [5.74, 6) is 0. The van der Waals surface area contributed by atoms with Crippen molar-refractivity contribution in [3.05, 3.63) is 26.0 Å². The molecular weight excluding hydrogens is 484 g/mol. The Balaban J connectivity index is 1.48. The van der Waals surface area contributed by atoms with Crippen LogP contribution in [0.3, 0.4) is 0 Å². The van der Waals surface area contributed by atoms with E-state index in [0.29, 0.717) is 29.8 Å². The Hall–Kier alpha value is -1.53. The second-order valence-electron chi connectivity index (χ2n) is 7.23. The van der Waals surface area contributed by atoms with Crippen molar-refractivity contribution in [2.45, 2.75) is 24.8 Å². The Morgan fingerprint density at radius 2 is 2.37 bits per heavy atom. The van der Waals surface area contributed by atoms with E-state index >= 15 is 0 Å². The molecule has 7 nitrogen and oxygen atoms in total. The third-order valence-electron chi connectivity index (χ3n) is 5.59. The van der Waals surface area contributed by atoms with Gasteiger partial charge in [0.05, 0.1) is 22.1 Å². The lowest BCUT2D eigenvalue weighted by Gasteiger charge is -2.30. The van der Waals surface area contributed by atoms with Crippen LogP contribution >= 0.6 is 33.9 Å². The third-order valence-corrected chi connectivity index (χ3v) is 7.79. The van der Waals surface area contributed by atoms with Gasteiger partial charge in [-0.25, -0.2) is 4.39 Å². The second kappa shape index (κ2) is 6.24. The molecule has 0 unspecified atom stereocenters. The van der Waals surface area contributed by atoms with Gasteiger partial charge >= 0.3 is 0 Å². The number of halogens is 2. The topological polar surface area (TPSA) is 76.0 Å². The normalized spacial score (nSPS) is 24.5. The predicted octanol–water partition coefficient (Wildman–Crippen LogP) is 2.95. The van der Waals surface area contributed by atoms with Crippen LogP contribution < -0.4 is 10.3 Å². The monoisotopic (exact) mass is 501 g/mol. The molecule has 27 heavy (non-hydrogen) atoms. The summed E-state index contributed by atoms with van der Waals surface area (Å²) in [6.07, 6.45) is 3.43. The van der Waals surface area contributed by atoms with Crippen molar-refractivity contribution in [3.63, 3.8) is 0 Å². The maximum Gasteiger partial charge on any atom is 0.297 e. The van der Waals surface area contributed by atoms with E-state index in [1.54, 1.807) is 4.68 Å². The zero-order valence-electron chi connectivity index (χ0n) is 14.6. The Morgan fingerprint density at radius 1 is 1.52 bits per heavy atom. The van der Waals surface area contributed by atoms with Gasteiger partial charge < -0.3 is 4.74 Å². The molecule has 5 heterocycles. The Labute approximate surface area is 171 Å². The lowest BCUT2D eigenvalue weighted by molar-refractivity contribution is 0.107. The van der Waals surface area contributed by atoms with Crippen LogP contribution in [0.2, 0.25) is 0 Å². The summed E-state index contributed by atoms with van der Waals surface area (Å²) >= 11 is 3.61. The average molecular weight is 501 g/mol. The molecule has 2 saturated heterocycles. The van der Waals surface area contributed by atoms with Gasteiger partial charge in [0.25, 0.3) is 11.6 Å². The number of ether oxygens (including phenoxy) is 1. The molecule has 3 aromatic heterocycles. The summed E-state index contributed by atoms with van der Waals surface area (Å²) in [6.45, 7) is 2.00. The number of nitrogens with one attached hydrogen (secondary N) is 1. The summed E-state index contributed by atoms with van der Waals surface area (Å²) in [4.78, 5) is 22.9. The zero-order valence-corrected chi connectivity index (χ0v) is 17.6. The van der Waals surface area contributed by atoms with Crippen molar-refractivity contribution < 1.29 is 9.13 Å². The van der Waals surface area contributed by atoms with Crippen LogP contribution in [0.25, 0.3) is 20.4 Å². The number of nitrogens with zero attached hydrogens (tertiary/aromatic N) is 4. The molecule has 1 N–H and O–H groups in total. The second-order valence-corrected chi connectivity index (χ2v) is 9.25. The molecule has 0 spiro atoms. The number of hydrogen-bond donors (Lipinski definition) is 1. The minimum atomic E-state index is -0.225. The molecule has 5 rings (SSSR count). The van der Waals surface area contributed by atoms with Gasteiger partial charge in [-0.05, 0) is 54.0 Å². The summed E-state index contributed by atoms with van der Waals surface area (Å²) in [5, 5.41) is 4.91. The van der Waals surface area contributed by atoms with E-state index in [1.165, 1.54) is 11.3 Å². The van der Waals surface area contributed by atoms with E-state index in [1.807, 2.05) is 7.05 Å². The first-order valence-corrected chi connectivity index (χ1v) is 10.6. The first kappa shape index (κ1) is 17.6. The highest BCUT2D eigenvalue weighted by atomic mass is 127. The minimum absolute atomic E-state index is 0.190. The molecule has 10 heteroatoms. The van der Waals surface area contributed by atoms with Gasteiger partial charge in [0.1, 0.15) is 20.5 Å². The van der Waals surface area contributed by atoms with Crippen molar-refractivity contribution in [2.24, 2.45) is 7.05 Å². The Morgan fingerprint density at radius 3 is 3.19 bits per heavy atom. The molecule has 3 aromatic rings. The number of fused-ring (bicyclic) bond motifs is 4. The van der Waals surface area contributed by atoms with Crippen LogP contribution in [0, 0.1) is 3.70 Å². The van der Waals surface area contributed by atoms with E-state index < -0.39 is 0 Å². The molecule has 0 aromatic carbocycles. The highest BCUT2D eigenvalue weighted by molar-refractivity contribution is 14.1. The lowest BCUT2D eigenvalue weighted by Crippen LogP contribution is -2.43. The average Bonchev–Trinajstić information content (AvgIpc) is 3.34. The van der Waals surface area contributed by atoms with Crippen LogP contribution in [0.15, 0.2) is 16.7 Å². The number of aromatic nitrogens is 4. The molecule has 0 bridgehead atoms. The number of aryl methyl sites for hydroxylation is 1. The van der Waals surface area contributed by atoms with Gasteiger partial charge in [0.15, 0.2) is 0 Å². The molecule has 1 atom stereocenters. The van der Waals surface area contributed by atoms with Gasteiger partial charge in [0, 0.05) is 13.6 Å². The third kappa shape index (κ3) is 2.64. The highest BCUT2D eigenvalue weighted by Gasteiger charge is 2.47. The Kier molecular flexibility index (Phi) is 4.06. The molecule has 2 aliphatic heterocycles. The molecule has 2 aliphatic rings. The van der Waals surface area contributed by atoms with E-state index in [0.717, 1.165) is 45.2 Å². The number of aromatic amines is 1. The summed E-state index contributed by atoms with van der Waals surface area (Å²) < 4.78 is 22.5. The van der Waals surface area contributed by atoms with Crippen molar-refractivity contribution >= 4 is 54.4 Å². The largest absolute Gasteiger partial charge is 0.463 e. The Bertz CT molecular complexity index is 1150. The summed E-state index contributed by atoms with van der Waals surface area (Å²) in [7, 11) is 1.82. The first-order chi connectivity index (χ1) is 13.0. The SMILES string of the molecule is Cn1nc(I)c2sc3nc(OC[C@@]45CCCN4C/C(=C\F)C5)[nH]c(=O)c3c21. The van der Waals surface area contributed by atoms with Crippen LogP contribution in [0.4, 0.5) is 4.39 Å². The number of thiophene rings is 1. The molecular formula is C17H17FIN5O2S. The van der Waals surface area contributed by atoms with E-state index in [2.05, 4.69) is 42.6 Å². The quantitative estimate of drug-likeness (QED) is 0.559. The van der Waals surface area contributed by atoms with Crippen molar-refractivity contribution in [1.29, 1.82) is 0 Å². The molecule has 2 fully saturated rings. The van der Waals surface area contributed by atoms with Crippen LogP contribution in [0.5, 0.6) is 6.01 Å². The highest BCUT2D eigenvalue weighted by Crippen LogP contribution is 2.41. The van der Waals surface area contributed by atoms with Gasteiger partial charge in [0.2, 0.25) is 0 Å². The van der Waals surface area contributed by atoms with Gasteiger partial charge in [-0.2, -0.15) is 10.1 Å². The number of H-pyrrole nitrogens is 1. The van der Waals surface area contributed by atoms with Gasteiger partial charge in [-0.1, -0.05) is 0 Å². The minimum Gasteiger partial charge on any atom is -0.463 e. The van der Waals surface area contributed by atoms with E-state index in [9.17, 15) is 9.18 Å². The number of rotatable bonds is 3. The van der Waals surface area contributed by atoms with Crippen LogP contribution in [0.1, 0.15) is 19.3 Å². The fraction of sp³-hybridized carbons (Fsp3) is 0.471. The maximum absolute atomic E-state index is 13.0. The van der Waals surface area contributed by atoms with Gasteiger partial charge in [-0.3, -0.25) is 19.4 Å². The fourth-order valence-corrected chi connectivity index (χ4v) is 6.35. The zero-order chi connectivity index (χ0) is 18.8. The summed E-state index contributed by atoms with van der Waals surface area (Å²) in [5.41, 5.74) is 1.19. The maximum atomic E-state index is 13.0. The molecule has 0 saturated carbocycles. The molecule has 142 valence electrons. The molecule has 0 amide bonds. The first-order valence-electron chi connectivity index (χ1n) is 8.72.